The van der Waals surface area contributed by atoms with Crippen molar-refractivity contribution in [2.45, 2.75) is 11.8 Å². The molecule has 30 heavy (non-hydrogen) atoms. The lowest BCUT2D eigenvalue weighted by molar-refractivity contribution is 0.254. The normalized spacial score (nSPS) is 17.3. The van der Waals surface area contributed by atoms with E-state index in [-0.39, 0.29) is 11.8 Å². The van der Waals surface area contributed by atoms with Crippen LogP contribution >= 0.6 is 0 Å². The van der Waals surface area contributed by atoms with E-state index in [1.165, 1.54) is 16.1 Å². The largest absolute Gasteiger partial charge is 0.364 e. The molecule has 1 saturated heterocycles. The molecule has 1 aromatic heterocycles. The van der Waals surface area contributed by atoms with Gasteiger partial charge in [0.2, 0.25) is 10.0 Å². The third-order valence-corrected chi connectivity index (χ3v) is 7.04. The second-order valence-corrected chi connectivity index (χ2v) is 9.42. The summed E-state index contributed by atoms with van der Waals surface area (Å²) in [5.41, 5.74) is 1.65. The van der Waals surface area contributed by atoms with Crippen LogP contribution in [0, 0.1) is 0 Å². The van der Waals surface area contributed by atoms with E-state index >= 15 is 0 Å². The Bertz CT molecular complexity index is 907. The maximum Gasteiger partial charge on any atom is 0.220 e. The molecule has 1 unspecified atom stereocenters. The molecule has 0 amide bonds. The minimum atomic E-state index is -3.42. The number of nitrogens with zero attached hydrogens (tertiary/aromatic N) is 5. The van der Waals surface area contributed by atoms with E-state index in [9.17, 15) is 8.42 Å². The van der Waals surface area contributed by atoms with E-state index in [1.807, 2.05) is 18.2 Å². The van der Waals surface area contributed by atoms with Gasteiger partial charge in [0, 0.05) is 45.8 Å². The summed E-state index contributed by atoms with van der Waals surface area (Å²) in [6, 6.07) is 12.1. The molecule has 164 valence electrons. The second kappa shape index (κ2) is 10.1. The molecule has 1 aliphatic rings. The van der Waals surface area contributed by atoms with Gasteiger partial charge in [0.25, 0.3) is 0 Å². The number of hydrogen-bond acceptors (Lipinski definition) is 6. The predicted molar refractivity (Wildman–Crippen MR) is 117 cm³/mol. The van der Waals surface area contributed by atoms with Crippen LogP contribution in [-0.2, 0) is 15.8 Å². The molecule has 10 heteroatoms. The smallest absolute Gasteiger partial charge is 0.220 e. The average molecular weight is 435 g/mol. The molecule has 2 heterocycles. The molecule has 0 spiro atoms. The lowest BCUT2D eigenvalue weighted by atomic mass is 10.1. The number of likely N-dealkylation sites (N-methyl/N-ethyl adjacent to an activating group) is 1. The predicted octanol–water partition coefficient (Wildman–Crippen LogP) is 1.00. The van der Waals surface area contributed by atoms with Gasteiger partial charge in [-0.05, 0) is 19.7 Å². The van der Waals surface area contributed by atoms with Crippen molar-refractivity contribution in [3.05, 3.63) is 53.9 Å². The quantitative estimate of drug-likeness (QED) is 0.513. The van der Waals surface area contributed by atoms with Gasteiger partial charge in [0.1, 0.15) is 12.0 Å². The number of nitrogens with one attached hydrogen (secondary N) is 1. The Morgan fingerprint density at radius 3 is 2.47 bits per heavy atom. The number of piperazine rings is 1. The van der Waals surface area contributed by atoms with Crippen LogP contribution in [0.2, 0.25) is 0 Å². The molecule has 1 aliphatic heterocycles. The zero-order valence-corrected chi connectivity index (χ0v) is 18.5. The van der Waals surface area contributed by atoms with Gasteiger partial charge in [0.15, 0.2) is 5.96 Å². The van der Waals surface area contributed by atoms with Crippen molar-refractivity contribution >= 4 is 16.0 Å². The van der Waals surface area contributed by atoms with Crippen molar-refractivity contribution in [2.75, 3.05) is 53.9 Å². The SMILES string of the molecule is CN=C(NCC(c1ccccc1)N(C)C)N1CCN(S(=O)(=O)Cc2ccon2)CC1. The van der Waals surface area contributed by atoms with Crippen LogP contribution in [0.5, 0.6) is 0 Å². The van der Waals surface area contributed by atoms with Gasteiger partial charge in [-0.15, -0.1) is 0 Å². The van der Waals surface area contributed by atoms with Gasteiger partial charge in [-0.2, -0.15) is 4.31 Å². The van der Waals surface area contributed by atoms with Crippen molar-refractivity contribution < 1.29 is 12.9 Å². The van der Waals surface area contributed by atoms with Crippen LogP contribution < -0.4 is 5.32 Å². The lowest BCUT2D eigenvalue weighted by Gasteiger charge is -2.36. The van der Waals surface area contributed by atoms with Gasteiger partial charge in [-0.25, -0.2) is 8.42 Å². The van der Waals surface area contributed by atoms with E-state index in [0.29, 0.717) is 38.4 Å². The number of sulfonamides is 1. The van der Waals surface area contributed by atoms with Crippen LogP contribution in [0.3, 0.4) is 0 Å². The Labute approximate surface area is 178 Å². The highest BCUT2D eigenvalue weighted by Crippen LogP contribution is 2.17. The van der Waals surface area contributed by atoms with E-state index in [1.54, 1.807) is 13.1 Å². The number of rotatable bonds is 7. The lowest BCUT2D eigenvalue weighted by Crippen LogP contribution is -2.54. The number of aliphatic imine (C=N–C) groups is 1. The van der Waals surface area contributed by atoms with Gasteiger partial charge in [0.05, 0.1) is 11.7 Å². The fourth-order valence-electron chi connectivity index (χ4n) is 3.56. The summed E-state index contributed by atoms with van der Waals surface area (Å²) in [7, 11) is 2.45. The average Bonchev–Trinajstić information content (AvgIpc) is 3.24. The van der Waals surface area contributed by atoms with Gasteiger partial charge < -0.3 is 19.6 Å². The first-order valence-corrected chi connectivity index (χ1v) is 11.6. The third-order valence-electron chi connectivity index (χ3n) is 5.23. The molecule has 0 bridgehead atoms. The molecule has 9 nitrogen and oxygen atoms in total. The maximum absolute atomic E-state index is 12.6. The number of benzene rings is 1. The first-order chi connectivity index (χ1) is 14.4. The Hall–Kier alpha value is -2.43. The Kier molecular flexibility index (Phi) is 7.46. The van der Waals surface area contributed by atoms with Gasteiger partial charge in [-0.1, -0.05) is 35.5 Å². The van der Waals surface area contributed by atoms with Crippen LogP contribution in [0.4, 0.5) is 0 Å². The molecule has 0 radical (unpaired) electrons. The number of hydrogen-bond donors (Lipinski definition) is 1. The highest BCUT2D eigenvalue weighted by Gasteiger charge is 2.29. The van der Waals surface area contributed by atoms with Crippen molar-refractivity contribution in [1.29, 1.82) is 0 Å². The highest BCUT2D eigenvalue weighted by molar-refractivity contribution is 7.88. The van der Waals surface area contributed by atoms with Crippen LogP contribution in [0.1, 0.15) is 17.3 Å². The van der Waals surface area contributed by atoms with Crippen molar-refractivity contribution in [3.8, 4) is 0 Å². The monoisotopic (exact) mass is 434 g/mol. The molecule has 1 N–H and O–H groups in total. The van der Waals surface area contributed by atoms with Crippen molar-refractivity contribution in [3.63, 3.8) is 0 Å². The van der Waals surface area contributed by atoms with E-state index in [4.69, 9.17) is 4.52 Å². The van der Waals surface area contributed by atoms with Gasteiger partial charge in [-0.3, -0.25) is 4.99 Å². The van der Waals surface area contributed by atoms with E-state index in [0.717, 1.165) is 5.96 Å². The summed E-state index contributed by atoms with van der Waals surface area (Å²) in [4.78, 5) is 8.68. The Morgan fingerprint density at radius 2 is 1.90 bits per heavy atom. The molecule has 1 fully saturated rings. The molecule has 1 atom stereocenters. The molecule has 0 saturated carbocycles. The van der Waals surface area contributed by atoms with Gasteiger partial charge >= 0.3 is 0 Å². The molecule has 1 aromatic carbocycles. The second-order valence-electron chi connectivity index (χ2n) is 7.45. The van der Waals surface area contributed by atoms with Crippen LogP contribution in [-0.4, -0.2) is 87.5 Å². The fraction of sp³-hybridized carbons (Fsp3) is 0.500. The summed E-state index contributed by atoms with van der Waals surface area (Å²) in [6.07, 6.45) is 1.38. The zero-order chi connectivity index (χ0) is 21.6. The van der Waals surface area contributed by atoms with Crippen molar-refractivity contribution in [1.82, 2.24) is 24.6 Å². The summed E-state index contributed by atoms with van der Waals surface area (Å²) < 4.78 is 31.5. The summed E-state index contributed by atoms with van der Waals surface area (Å²) in [5, 5.41) is 7.16. The number of aromatic nitrogens is 1. The summed E-state index contributed by atoms with van der Waals surface area (Å²) in [6.45, 7) is 2.69. The third kappa shape index (κ3) is 5.59. The molecule has 0 aliphatic carbocycles. The summed E-state index contributed by atoms with van der Waals surface area (Å²) in [5.74, 6) is 0.643. The molecular weight excluding hydrogens is 404 g/mol. The summed E-state index contributed by atoms with van der Waals surface area (Å²) >= 11 is 0. The maximum atomic E-state index is 12.6. The standard InChI is InChI=1S/C20H30N6O3S/c1-21-20(22-15-19(24(2)3)17-7-5-4-6-8-17)25-10-12-26(13-11-25)30(27,28)16-18-9-14-29-23-18/h4-9,14,19H,10-13,15-16H2,1-3H3,(H,21,22). The fourth-order valence-corrected chi connectivity index (χ4v) is 4.99. The first kappa shape index (κ1) is 22.3. The number of guanidine groups is 1. The first-order valence-electron chi connectivity index (χ1n) is 9.95. The highest BCUT2D eigenvalue weighted by atomic mass is 32.2. The minimum absolute atomic E-state index is 0.141. The van der Waals surface area contributed by atoms with Crippen molar-refractivity contribution in [2.24, 2.45) is 4.99 Å². The zero-order valence-electron chi connectivity index (χ0n) is 17.7. The molecule has 3 rings (SSSR count). The topological polar surface area (TPSA) is 94.3 Å². The minimum Gasteiger partial charge on any atom is -0.364 e. The van der Waals surface area contributed by atoms with Crippen LogP contribution in [0.25, 0.3) is 0 Å². The molecular formula is C20H30N6O3S. The Balaban J connectivity index is 1.56. The van der Waals surface area contributed by atoms with Crippen LogP contribution in [0.15, 0.2) is 52.2 Å². The Morgan fingerprint density at radius 1 is 1.20 bits per heavy atom. The van der Waals surface area contributed by atoms with E-state index in [2.05, 4.69) is 51.5 Å². The molecule has 2 aromatic rings. The van der Waals surface area contributed by atoms with E-state index < -0.39 is 10.0 Å².